The van der Waals surface area contributed by atoms with E-state index >= 15 is 0 Å². The van der Waals surface area contributed by atoms with E-state index in [0.29, 0.717) is 16.9 Å². The molecule has 0 heterocycles. The lowest BCUT2D eigenvalue weighted by Crippen LogP contribution is -2.39. The van der Waals surface area contributed by atoms with Crippen molar-refractivity contribution in [3.8, 4) is 0 Å². The molecule has 0 aliphatic rings. The molecule has 2 rings (SSSR count). The van der Waals surface area contributed by atoms with Gasteiger partial charge < -0.3 is 32.2 Å². The van der Waals surface area contributed by atoms with Crippen molar-refractivity contribution in [2.75, 3.05) is 17.2 Å². The number of anilines is 2. The molecule has 0 saturated heterocycles. The van der Waals surface area contributed by atoms with Crippen molar-refractivity contribution in [1.29, 1.82) is 0 Å². The first-order valence-corrected chi connectivity index (χ1v) is 10.5. The van der Waals surface area contributed by atoms with Crippen LogP contribution in [-0.2, 0) is 14.4 Å². The van der Waals surface area contributed by atoms with Crippen molar-refractivity contribution in [1.82, 2.24) is 10.6 Å². The first kappa shape index (κ1) is 26.4. The van der Waals surface area contributed by atoms with Gasteiger partial charge in [0.25, 0.3) is 5.91 Å². The summed E-state index contributed by atoms with van der Waals surface area (Å²) in [6.45, 7) is 0.868. The summed E-state index contributed by atoms with van der Waals surface area (Å²) in [7, 11) is 0. The number of hydrogen-bond acceptors (Lipinski definition) is 6. The van der Waals surface area contributed by atoms with E-state index in [-0.39, 0.29) is 21.5 Å². The fraction of sp³-hybridized carbons (Fsp3) is 0.190. The van der Waals surface area contributed by atoms with Gasteiger partial charge in [0.05, 0.1) is 19.0 Å². The minimum Gasteiger partial charge on any atom is -0.481 e. The maximum Gasteiger partial charge on any atom is 0.305 e. The third kappa shape index (κ3) is 8.60. The number of carbonyl (C=O) groups excluding carboxylic acids is 3. The van der Waals surface area contributed by atoms with Gasteiger partial charge in [0.1, 0.15) is 6.34 Å². The van der Waals surface area contributed by atoms with Crippen molar-refractivity contribution in [3.05, 3.63) is 57.6 Å². The standard InChI is InChI=1S/C21H22Cl2N6O5/c1-11(30)28-17-5-13(4-16(7-17)26-10-27-24)21(34)25-9-19(31)29-18(8-20(32)33)12-2-14(22)6-15(23)3-12/h2-7,10,18H,8-9,24H2,1H3,(H,25,34)(H,26,27)(H,28,30)(H,29,31)(H,32,33). The number of aliphatic carboxylic acids is 1. The molecule has 7 N–H and O–H groups in total. The Labute approximate surface area is 204 Å². The quantitative estimate of drug-likeness (QED) is 0.123. The van der Waals surface area contributed by atoms with Gasteiger partial charge in [-0.25, -0.2) is 0 Å². The molecule has 0 spiro atoms. The van der Waals surface area contributed by atoms with Gasteiger partial charge in [-0.3, -0.25) is 19.2 Å². The molecule has 1 unspecified atom stereocenters. The molecular formula is C21H22Cl2N6O5. The van der Waals surface area contributed by atoms with E-state index in [2.05, 4.69) is 26.4 Å². The Balaban J connectivity index is 2.12. The fourth-order valence-electron chi connectivity index (χ4n) is 2.94. The van der Waals surface area contributed by atoms with Crippen LogP contribution < -0.4 is 27.1 Å². The number of halogens is 2. The number of amides is 3. The van der Waals surface area contributed by atoms with Crippen LogP contribution in [0.1, 0.15) is 35.3 Å². The van der Waals surface area contributed by atoms with E-state index in [1.165, 1.54) is 43.6 Å². The lowest BCUT2D eigenvalue weighted by molar-refractivity contribution is -0.137. The predicted octanol–water partition coefficient (Wildman–Crippen LogP) is 2.33. The summed E-state index contributed by atoms with van der Waals surface area (Å²) in [5, 5.41) is 23.4. The van der Waals surface area contributed by atoms with Crippen molar-refractivity contribution in [3.63, 3.8) is 0 Å². The molecule has 11 nitrogen and oxygen atoms in total. The number of benzene rings is 2. The number of nitrogens with two attached hydrogens (primary N) is 1. The number of carboxylic acids is 1. The normalized spacial score (nSPS) is 11.5. The summed E-state index contributed by atoms with van der Waals surface area (Å²) >= 11 is 12.0. The molecule has 34 heavy (non-hydrogen) atoms. The number of hydrazone groups is 1. The molecule has 0 aliphatic carbocycles. The number of hydrogen-bond donors (Lipinski definition) is 6. The molecule has 0 radical (unpaired) electrons. The summed E-state index contributed by atoms with van der Waals surface area (Å²) in [5.41, 5.74) is 1.28. The van der Waals surface area contributed by atoms with Gasteiger partial charge in [-0.05, 0) is 42.0 Å². The maximum absolute atomic E-state index is 12.6. The SMILES string of the molecule is CC(=O)Nc1cc(NC=NN)cc(C(=O)NCC(=O)NC(CC(=O)O)c2cc(Cl)cc(Cl)c2)c1. The maximum atomic E-state index is 12.6. The predicted molar refractivity (Wildman–Crippen MR) is 129 cm³/mol. The number of nitrogens with one attached hydrogen (secondary N) is 4. The van der Waals surface area contributed by atoms with Crippen LogP contribution in [0.5, 0.6) is 0 Å². The third-order valence-corrected chi connectivity index (χ3v) is 4.67. The van der Waals surface area contributed by atoms with Crippen LogP contribution in [0.3, 0.4) is 0 Å². The second kappa shape index (κ2) is 12.4. The first-order chi connectivity index (χ1) is 16.1. The molecule has 0 saturated carbocycles. The van der Waals surface area contributed by atoms with Crippen LogP contribution in [0.2, 0.25) is 10.0 Å². The smallest absolute Gasteiger partial charge is 0.305 e. The largest absolute Gasteiger partial charge is 0.481 e. The minimum absolute atomic E-state index is 0.135. The molecule has 2 aromatic rings. The Kier molecular flexibility index (Phi) is 9.65. The second-order valence-corrected chi connectivity index (χ2v) is 7.88. The minimum atomic E-state index is -1.15. The molecule has 13 heteroatoms. The summed E-state index contributed by atoms with van der Waals surface area (Å²) in [6, 6.07) is 7.97. The number of carboxylic acid groups (broad SMARTS) is 1. The van der Waals surface area contributed by atoms with E-state index in [1.54, 1.807) is 6.07 Å². The highest BCUT2D eigenvalue weighted by molar-refractivity contribution is 6.34. The zero-order chi connectivity index (χ0) is 25.3. The van der Waals surface area contributed by atoms with Crippen molar-refractivity contribution in [2.24, 2.45) is 10.9 Å². The van der Waals surface area contributed by atoms with Crippen LogP contribution in [-0.4, -0.2) is 41.7 Å². The van der Waals surface area contributed by atoms with E-state index in [1.807, 2.05) is 0 Å². The van der Waals surface area contributed by atoms with Gasteiger partial charge in [-0.15, -0.1) is 0 Å². The number of rotatable bonds is 10. The first-order valence-electron chi connectivity index (χ1n) is 9.73. The van der Waals surface area contributed by atoms with E-state index < -0.39 is 36.8 Å². The van der Waals surface area contributed by atoms with Crippen LogP contribution in [0.25, 0.3) is 0 Å². The van der Waals surface area contributed by atoms with Crippen molar-refractivity contribution >= 4 is 64.6 Å². The number of nitrogens with zero attached hydrogens (tertiary/aromatic N) is 1. The van der Waals surface area contributed by atoms with Gasteiger partial charge >= 0.3 is 5.97 Å². The molecule has 0 fully saturated rings. The summed E-state index contributed by atoms with van der Waals surface area (Å²) in [4.78, 5) is 47.7. The lowest BCUT2D eigenvalue weighted by Gasteiger charge is -2.18. The third-order valence-electron chi connectivity index (χ3n) is 4.23. The van der Waals surface area contributed by atoms with Crippen LogP contribution in [0.4, 0.5) is 11.4 Å². The molecule has 3 amide bonds. The molecule has 1 atom stereocenters. The molecule has 180 valence electrons. The highest BCUT2D eigenvalue weighted by Crippen LogP contribution is 2.25. The van der Waals surface area contributed by atoms with Gasteiger partial charge in [-0.2, -0.15) is 5.10 Å². The summed E-state index contributed by atoms with van der Waals surface area (Å²) in [5.74, 6) is 2.31. The molecule has 0 aliphatic heterocycles. The van der Waals surface area contributed by atoms with Crippen molar-refractivity contribution in [2.45, 2.75) is 19.4 Å². The van der Waals surface area contributed by atoms with Crippen LogP contribution in [0, 0.1) is 0 Å². The van der Waals surface area contributed by atoms with Gasteiger partial charge in [0, 0.05) is 33.9 Å². The Hall–Kier alpha value is -3.83. The highest BCUT2D eigenvalue weighted by Gasteiger charge is 2.20. The van der Waals surface area contributed by atoms with Gasteiger partial charge in [0.2, 0.25) is 11.8 Å². The second-order valence-electron chi connectivity index (χ2n) is 7.01. The summed E-state index contributed by atoms with van der Waals surface area (Å²) < 4.78 is 0. The Morgan fingerprint density at radius 1 is 1.06 bits per heavy atom. The van der Waals surface area contributed by atoms with Crippen LogP contribution >= 0.6 is 23.2 Å². The van der Waals surface area contributed by atoms with Crippen LogP contribution in [0.15, 0.2) is 41.5 Å². The zero-order valence-electron chi connectivity index (χ0n) is 17.9. The molecule has 2 aromatic carbocycles. The molecule has 0 bridgehead atoms. The van der Waals surface area contributed by atoms with E-state index in [9.17, 15) is 24.3 Å². The summed E-state index contributed by atoms with van der Waals surface area (Å²) in [6.07, 6.45) is 0.763. The topological polar surface area (TPSA) is 175 Å². The zero-order valence-corrected chi connectivity index (χ0v) is 19.4. The average molecular weight is 509 g/mol. The molecular weight excluding hydrogens is 487 g/mol. The monoisotopic (exact) mass is 508 g/mol. The van der Waals surface area contributed by atoms with E-state index in [0.717, 1.165) is 0 Å². The fourth-order valence-corrected chi connectivity index (χ4v) is 3.48. The average Bonchev–Trinajstić information content (AvgIpc) is 2.74. The van der Waals surface area contributed by atoms with Gasteiger partial charge in [-0.1, -0.05) is 23.2 Å². The Morgan fingerprint density at radius 3 is 2.29 bits per heavy atom. The number of carbonyl (C=O) groups is 4. The Bertz CT molecular complexity index is 1100. The van der Waals surface area contributed by atoms with Crippen molar-refractivity contribution < 1.29 is 24.3 Å². The highest BCUT2D eigenvalue weighted by atomic mass is 35.5. The molecule has 0 aromatic heterocycles. The van der Waals surface area contributed by atoms with E-state index in [4.69, 9.17) is 29.0 Å². The van der Waals surface area contributed by atoms with Gasteiger partial charge in [0.15, 0.2) is 0 Å². The Morgan fingerprint density at radius 2 is 1.71 bits per heavy atom. The lowest BCUT2D eigenvalue weighted by atomic mass is 10.0.